The first kappa shape index (κ1) is 10.9. The van der Waals surface area contributed by atoms with E-state index >= 15 is 0 Å². The second-order valence-corrected chi connectivity index (χ2v) is 4.01. The topological polar surface area (TPSA) is 43.4 Å². The zero-order valence-electron chi connectivity index (χ0n) is 6.12. The summed E-state index contributed by atoms with van der Waals surface area (Å²) < 4.78 is 26.1. The van der Waals surface area contributed by atoms with Crippen molar-refractivity contribution in [3.8, 4) is 0 Å². The smallest absolute Gasteiger partial charge is 0.266 e. The van der Waals surface area contributed by atoms with Crippen LogP contribution in [0.2, 0.25) is 0 Å². The third-order valence-electron chi connectivity index (χ3n) is 0.893. The molecule has 0 saturated carbocycles. The number of rotatable bonds is 6. The van der Waals surface area contributed by atoms with Crippen LogP contribution in [-0.2, 0) is 14.3 Å². The lowest BCUT2D eigenvalue weighted by atomic mass is 10.6. The van der Waals surface area contributed by atoms with E-state index in [4.69, 9.17) is 11.6 Å². The van der Waals surface area contributed by atoms with Crippen LogP contribution in [0.4, 0.5) is 0 Å². The van der Waals surface area contributed by atoms with E-state index in [0.29, 0.717) is 12.3 Å². The highest BCUT2D eigenvalue weighted by Crippen LogP contribution is 1.97. The van der Waals surface area contributed by atoms with Crippen LogP contribution in [0.1, 0.15) is 6.42 Å². The summed E-state index contributed by atoms with van der Waals surface area (Å²) in [5.74, 6) is 0.307. The first-order valence-corrected chi connectivity index (χ1v) is 5.27. The lowest BCUT2D eigenvalue weighted by Crippen LogP contribution is -2.10. The van der Waals surface area contributed by atoms with Crippen molar-refractivity contribution in [1.29, 1.82) is 0 Å². The molecule has 0 N–H and O–H groups in total. The molecule has 0 spiro atoms. The van der Waals surface area contributed by atoms with Gasteiger partial charge in [-0.2, -0.15) is 8.42 Å². The Morgan fingerprint density at radius 2 is 2.18 bits per heavy atom. The largest absolute Gasteiger partial charge is 0.267 e. The normalized spacial score (nSPS) is 11.4. The van der Waals surface area contributed by atoms with Crippen LogP contribution in [-0.4, -0.2) is 26.7 Å². The summed E-state index contributed by atoms with van der Waals surface area (Å²) in [4.78, 5) is 0. The van der Waals surface area contributed by atoms with Crippen molar-refractivity contribution in [3.63, 3.8) is 0 Å². The molecule has 11 heavy (non-hydrogen) atoms. The summed E-state index contributed by atoms with van der Waals surface area (Å²) in [6, 6.07) is 0. The Labute approximate surface area is 72.1 Å². The average Bonchev–Trinajstić information content (AvgIpc) is 1.97. The first-order chi connectivity index (χ1) is 5.12. The third-order valence-corrected chi connectivity index (χ3v) is 2.44. The van der Waals surface area contributed by atoms with Crippen molar-refractivity contribution in [2.45, 2.75) is 6.42 Å². The first-order valence-electron chi connectivity index (χ1n) is 3.16. The Balaban J connectivity index is 3.71. The van der Waals surface area contributed by atoms with Crippen LogP contribution in [0.25, 0.3) is 0 Å². The van der Waals surface area contributed by atoms with Crippen LogP contribution in [0.15, 0.2) is 12.7 Å². The molecular formula is C6H11ClO3S. The molecule has 0 heterocycles. The quantitative estimate of drug-likeness (QED) is 0.365. The summed E-state index contributed by atoms with van der Waals surface area (Å²) in [5.41, 5.74) is 0. The molecule has 0 saturated heterocycles. The zero-order valence-corrected chi connectivity index (χ0v) is 7.70. The fraction of sp³-hybridized carbons (Fsp3) is 0.667. The van der Waals surface area contributed by atoms with Gasteiger partial charge >= 0.3 is 0 Å². The number of hydrogen-bond donors (Lipinski definition) is 0. The van der Waals surface area contributed by atoms with Crippen molar-refractivity contribution in [2.75, 3.05) is 18.2 Å². The molecule has 0 rings (SSSR count). The molecule has 0 aliphatic carbocycles. The predicted molar refractivity (Wildman–Crippen MR) is 45.3 cm³/mol. The van der Waals surface area contributed by atoms with Gasteiger partial charge in [-0.1, -0.05) is 6.08 Å². The Hall–Kier alpha value is -0.0600. The van der Waals surface area contributed by atoms with E-state index < -0.39 is 10.1 Å². The molecule has 0 bridgehead atoms. The van der Waals surface area contributed by atoms with Gasteiger partial charge in [0, 0.05) is 5.88 Å². The Kier molecular flexibility index (Phi) is 5.54. The maximum Gasteiger partial charge on any atom is 0.267 e. The second-order valence-electron chi connectivity index (χ2n) is 1.88. The molecule has 0 amide bonds. The van der Waals surface area contributed by atoms with Crippen molar-refractivity contribution in [1.82, 2.24) is 0 Å². The van der Waals surface area contributed by atoms with Gasteiger partial charge in [0.05, 0.1) is 12.4 Å². The van der Waals surface area contributed by atoms with Gasteiger partial charge in [-0.05, 0) is 6.42 Å². The molecule has 0 aromatic rings. The summed E-state index contributed by atoms with van der Waals surface area (Å²) in [7, 11) is -3.36. The predicted octanol–water partition coefficient (Wildman–Crippen LogP) is 1.15. The van der Waals surface area contributed by atoms with E-state index in [1.165, 1.54) is 6.08 Å². The summed E-state index contributed by atoms with van der Waals surface area (Å²) >= 11 is 5.30. The van der Waals surface area contributed by atoms with E-state index in [2.05, 4.69) is 10.8 Å². The summed E-state index contributed by atoms with van der Waals surface area (Å²) in [6.07, 6.45) is 1.80. The molecule has 0 aliphatic heterocycles. The fourth-order valence-electron chi connectivity index (χ4n) is 0.442. The molecule has 0 radical (unpaired) electrons. The van der Waals surface area contributed by atoms with Gasteiger partial charge in [0.15, 0.2) is 0 Å². The van der Waals surface area contributed by atoms with Crippen LogP contribution >= 0.6 is 11.6 Å². The number of halogens is 1. The number of hydrogen-bond acceptors (Lipinski definition) is 3. The van der Waals surface area contributed by atoms with Crippen molar-refractivity contribution >= 4 is 21.7 Å². The van der Waals surface area contributed by atoms with Crippen LogP contribution in [0.5, 0.6) is 0 Å². The molecule has 0 fully saturated rings. The lowest BCUT2D eigenvalue weighted by molar-refractivity contribution is 0.357. The minimum Gasteiger partial charge on any atom is -0.266 e. The van der Waals surface area contributed by atoms with Gasteiger partial charge in [0.25, 0.3) is 10.1 Å². The van der Waals surface area contributed by atoms with Gasteiger partial charge in [-0.25, -0.2) is 0 Å². The minimum atomic E-state index is -3.36. The van der Waals surface area contributed by atoms with Gasteiger partial charge in [-0.15, -0.1) is 18.2 Å². The SMILES string of the molecule is C=CCOS(=O)(=O)CCCCl. The summed E-state index contributed by atoms with van der Waals surface area (Å²) in [5, 5.41) is 0. The molecule has 5 heteroatoms. The van der Waals surface area contributed by atoms with E-state index in [0.717, 1.165) is 0 Å². The molecule has 0 aliphatic rings. The standard InChI is InChI=1S/C6H11ClO3S/c1-2-5-10-11(8,9)6-3-4-7/h2H,1,3-6H2. The molecule has 0 aromatic carbocycles. The maximum absolute atomic E-state index is 10.8. The highest BCUT2D eigenvalue weighted by atomic mass is 35.5. The van der Waals surface area contributed by atoms with E-state index in [1.807, 2.05) is 0 Å². The molecular weight excluding hydrogens is 188 g/mol. The molecule has 0 aromatic heterocycles. The monoisotopic (exact) mass is 198 g/mol. The Bertz CT molecular complexity index is 198. The van der Waals surface area contributed by atoms with Crippen LogP contribution in [0, 0.1) is 0 Å². The highest BCUT2D eigenvalue weighted by Gasteiger charge is 2.08. The van der Waals surface area contributed by atoms with E-state index in [-0.39, 0.29) is 12.4 Å². The van der Waals surface area contributed by atoms with Gasteiger partial charge < -0.3 is 0 Å². The van der Waals surface area contributed by atoms with Gasteiger partial charge in [0.1, 0.15) is 0 Å². The molecule has 3 nitrogen and oxygen atoms in total. The van der Waals surface area contributed by atoms with Crippen molar-refractivity contribution in [2.24, 2.45) is 0 Å². The summed E-state index contributed by atoms with van der Waals surface area (Å²) in [6.45, 7) is 3.36. The van der Waals surface area contributed by atoms with Crippen LogP contribution in [0.3, 0.4) is 0 Å². The zero-order chi connectivity index (χ0) is 8.74. The molecule has 66 valence electrons. The maximum atomic E-state index is 10.8. The molecule has 0 unspecified atom stereocenters. The second kappa shape index (κ2) is 5.57. The third kappa shape index (κ3) is 6.34. The Morgan fingerprint density at radius 3 is 2.64 bits per heavy atom. The minimum absolute atomic E-state index is 0.0235. The average molecular weight is 199 g/mol. The van der Waals surface area contributed by atoms with Crippen molar-refractivity contribution < 1.29 is 12.6 Å². The van der Waals surface area contributed by atoms with E-state index in [9.17, 15) is 8.42 Å². The van der Waals surface area contributed by atoms with Gasteiger partial charge in [0.2, 0.25) is 0 Å². The number of alkyl halides is 1. The molecule has 0 atom stereocenters. The van der Waals surface area contributed by atoms with Crippen molar-refractivity contribution in [3.05, 3.63) is 12.7 Å². The van der Waals surface area contributed by atoms with Crippen LogP contribution < -0.4 is 0 Å². The lowest BCUT2D eigenvalue weighted by Gasteiger charge is -2.00. The van der Waals surface area contributed by atoms with E-state index in [1.54, 1.807) is 0 Å². The fourth-order valence-corrected chi connectivity index (χ4v) is 1.65. The highest BCUT2D eigenvalue weighted by molar-refractivity contribution is 7.86. The Morgan fingerprint density at radius 1 is 1.55 bits per heavy atom. The van der Waals surface area contributed by atoms with Gasteiger partial charge in [-0.3, -0.25) is 4.18 Å².